The van der Waals surface area contributed by atoms with E-state index in [1.807, 2.05) is 12.1 Å². The molecule has 1 amide bonds. The van der Waals surface area contributed by atoms with Gasteiger partial charge in [-0.05, 0) is 24.6 Å². The first kappa shape index (κ1) is 14.3. The number of carbonyl (C=O) groups is 1. The number of halogens is 2. The lowest BCUT2D eigenvalue weighted by atomic mass is 10.2. The third kappa shape index (κ3) is 3.91. The number of nitrogens with one attached hydrogen (secondary N) is 2. The molecule has 2 rings (SSSR count). The van der Waals surface area contributed by atoms with E-state index in [-0.39, 0.29) is 5.91 Å². The van der Waals surface area contributed by atoms with Crippen LogP contribution in [0.15, 0.2) is 33.2 Å². The minimum absolute atomic E-state index is 0.184. The Balaban J connectivity index is 2.11. The zero-order chi connectivity index (χ0) is 13.8. The number of aryl methyl sites for hydroxylation is 1. The van der Waals surface area contributed by atoms with Crippen LogP contribution < -0.4 is 5.32 Å². The first-order valence-electron chi connectivity index (χ1n) is 5.90. The molecular formula is C13H13Br2N3O. The lowest BCUT2D eigenvalue weighted by molar-refractivity contribution is 0.102. The summed E-state index contributed by atoms with van der Waals surface area (Å²) in [5.74, 6) is 0.362. The van der Waals surface area contributed by atoms with Gasteiger partial charge in [0.2, 0.25) is 0 Å². The van der Waals surface area contributed by atoms with E-state index in [9.17, 15) is 4.79 Å². The Morgan fingerprint density at radius 1 is 1.26 bits per heavy atom. The van der Waals surface area contributed by atoms with E-state index in [0.717, 1.165) is 27.5 Å². The predicted octanol–water partition coefficient (Wildman–Crippen LogP) is 4.14. The summed E-state index contributed by atoms with van der Waals surface area (Å²) in [5.41, 5.74) is 1.59. The lowest BCUT2D eigenvalue weighted by Gasteiger charge is -2.03. The van der Waals surface area contributed by atoms with E-state index in [4.69, 9.17) is 0 Å². The van der Waals surface area contributed by atoms with Gasteiger partial charge in [-0.1, -0.05) is 45.2 Å². The fourth-order valence-corrected chi connectivity index (χ4v) is 2.99. The molecule has 100 valence electrons. The van der Waals surface area contributed by atoms with Crippen molar-refractivity contribution in [1.82, 2.24) is 10.2 Å². The molecule has 0 fully saturated rings. The molecule has 4 nitrogen and oxygen atoms in total. The molecule has 19 heavy (non-hydrogen) atoms. The van der Waals surface area contributed by atoms with Crippen molar-refractivity contribution in [3.05, 3.63) is 44.5 Å². The highest BCUT2D eigenvalue weighted by Gasteiger charge is 2.10. The minimum atomic E-state index is -0.184. The van der Waals surface area contributed by atoms with Gasteiger partial charge in [-0.2, -0.15) is 5.10 Å². The van der Waals surface area contributed by atoms with Gasteiger partial charge < -0.3 is 5.32 Å². The number of amides is 1. The summed E-state index contributed by atoms with van der Waals surface area (Å²) in [6.07, 6.45) is 1.96. The number of nitrogens with zero attached hydrogens (tertiary/aromatic N) is 1. The molecule has 0 unspecified atom stereocenters. The van der Waals surface area contributed by atoms with Crippen LogP contribution in [0.5, 0.6) is 0 Å². The number of H-pyrrole nitrogens is 1. The molecule has 2 aromatic rings. The fraction of sp³-hybridized carbons (Fsp3) is 0.231. The van der Waals surface area contributed by atoms with Crippen LogP contribution in [0.3, 0.4) is 0 Å². The molecule has 0 radical (unpaired) electrons. The van der Waals surface area contributed by atoms with Gasteiger partial charge >= 0.3 is 0 Å². The summed E-state index contributed by atoms with van der Waals surface area (Å²) >= 11 is 6.72. The zero-order valence-corrected chi connectivity index (χ0v) is 13.5. The van der Waals surface area contributed by atoms with Gasteiger partial charge in [0.1, 0.15) is 0 Å². The lowest BCUT2D eigenvalue weighted by Crippen LogP contribution is -2.12. The van der Waals surface area contributed by atoms with Crippen molar-refractivity contribution in [3.8, 4) is 0 Å². The minimum Gasteiger partial charge on any atom is -0.305 e. The maximum absolute atomic E-state index is 12.1. The molecule has 0 spiro atoms. The number of benzene rings is 1. The zero-order valence-electron chi connectivity index (χ0n) is 10.3. The van der Waals surface area contributed by atoms with Crippen molar-refractivity contribution < 1.29 is 4.79 Å². The van der Waals surface area contributed by atoms with Gasteiger partial charge in [0.15, 0.2) is 5.82 Å². The smallest absolute Gasteiger partial charge is 0.256 e. The highest BCUT2D eigenvalue weighted by Crippen LogP contribution is 2.20. The third-order valence-electron chi connectivity index (χ3n) is 2.52. The number of rotatable bonds is 4. The molecule has 0 aliphatic heterocycles. The molecule has 0 bridgehead atoms. The van der Waals surface area contributed by atoms with Crippen molar-refractivity contribution >= 4 is 43.6 Å². The number of carbonyl (C=O) groups excluding carboxylic acids is 1. The van der Waals surface area contributed by atoms with Crippen molar-refractivity contribution in [3.63, 3.8) is 0 Å². The van der Waals surface area contributed by atoms with Crippen LogP contribution in [0.2, 0.25) is 0 Å². The molecule has 6 heteroatoms. The Morgan fingerprint density at radius 3 is 2.58 bits per heavy atom. The largest absolute Gasteiger partial charge is 0.305 e. The van der Waals surface area contributed by atoms with Gasteiger partial charge in [0.05, 0.1) is 0 Å². The van der Waals surface area contributed by atoms with Gasteiger partial charge in [-0.25, -0.2) is 0 Å². The monoisotopic (exact) mass is 385 g/mol. The highest BCUT2D eigenvalue weighted by atomic mass is 79.9. The molecule has 2 N–H and O–H groups in total. The fourth-order valence-electron chi connectivity index (χ4n) is 1.70. The van der Waals surface area contributed by atoms with Crippen LogP contribution >= 0.6 is 31.9 Å². The van der Waals surface area contributed by atoms with Crippen LogP contribution in [-0.2, 0) is 6.42 Å². The molecule has 0 atom stereocenters. The Morgan fingerprint density at radius 2 is 1.95 bits per heavy atom. The number of hydrogen-bond donors (Lipinski definition) is 2. The van der Waals surface area contributed by atoms with E-state index >= 15 is 0 Å². The Labute approximate surface area is 128 Å². The van der Waals surface area contributed by atoms with Gasteiger partial charge in [-0.15, -0.1) is 0 Å². The predicted molar refractivity (Wildman–Crippen MR) is 82.4 cm³/mol. The molecular weight excluding hydrogens is 374 g/mol. The average molecular weight is 387 g/mol. The van der Waals surface area contributed by atoms with Gasteiger partial charge in [0.25, 0.3) is 5.91 Å². The molecule has 1 aromatic carbocycles. The van der Waals surface area contributed by atoms with Crippen molar-refractivity contribution in [2.24, 2.45) is 0 Å². The summed E-state index contributed by atoms with van der Waals surface area (Å²) in [7, 11) is 0. The second kappa shape index (κ2) is 6.34. The van der Waals surface area contributed by atoms with Crippen LogP contribution in [0.4, 0.5) is 5.82 Å². The molecule has 0 saturated carbocycles. The van der Waals surface area contributed by atoms with E-state index in [0.29, 0.717) is 11.4 Å². The van der Waals surface area contributed by atoms with Crippen LogP contribution in [-0.4, -0.2) is 16.1 Å². The molecule has 0 aliphatic carbocycles. The maximum atomic E-state index is 12.1. The first-order chi connectivity index (χ1) is 9.08. The van der Waals surface area contributed by atoms with E-state index in [1.165, 1.54) is 0 Å². The summed E-state index contributed by atoms with van der Waals surface area (Å²) < 4.78 is 1.70. The summed E-state index contributed by atoms with van der Waals surface area (Å²) in [4.78, 5) is 12.1. The van der Waals surface area contributed by atoms with E-state index < -0.39 is 0 Å². The van der Waals surface area contributed by atoms with Crippen molar-refractivity contribution in [1.29, 1.82) is 0 Å². The normalized spacial score (nSPS) is 10.5. The Hall–Kier alpha value is -1.14. The standard InChI is InChI=1S/C13H13Br2N3O/c1-2-3-11-7-12(18-17-11)16-13(19)8-4-9(14)6-10(15)5-8/h4-7H,2-3H2,1H3,(H2,16,17,18,19). The van der Waals surface area contributed by atoms with Crippen molar-refractivity contribution in [2.45, 2.75) is 19.8 Å². The second-order valence-corrected chi connectivity index (χ2v) is 5.97. The molecule has 0 aliphatic rings. The summed E-state index contributed by atoms with van der Waals surface area (Å²) in [6.45, 7) is 2.10. The molecule has 1 aromatic heterocycles. The van der Waals surface area contributed by atoms with Gasteiger partial charge in [0, 0.05) is 26.3 Å². The van der Waals surface area contributed by atoms with Gasteiger partial charge in [-0.3, -0.25) is 9.89 Å². The van der Waals surface area contributed by atoms with Crippen LogP contribution in [0.1, 0.15) is 29.4 Å². The van der Waals surface area contributed by atoms with E-state index in [2.05, 4.69) is 54.3 Å². The number of anilines is 1. The number of aromatic nitrogens is 2. The number of aromatic amines is 1. The average Bonchev–Trinajstić information content (AvgIpc) is 2.76. The maximum Gasteiger partial charge on any atom is 0.256 e. The Bertz CT molecular complexity index is 575. The summed E-state index contributed by atoms with van der Waals surface area (Å²) in [5, 5.41) is 9.74. The topological polar surface area (TPSA) is 57.8 Å². The molecule has 0 saturated heterocycles. The van der Waals surface area contributed by atoms with Crippen molar-refractivity contribution in [2.75, 3.05) is 5.32 Å². The van der Waals surface area contributed by atoms with E-state index in [1.54, 1.807) is 12.1 Å². The quantitative estimate of drug-likeness (QED) is 0.829. The third-order valence-corrected chi connectivity index (χ3v) is 3.43. The second-order valence-electron chi connectivity index (χ2n) is 4.14. The summed E-state index contributed by atoms with van der Waals surface area (Å²) in [6, 6.07) is 7.26. The molecule has 1 heterocycles. The van der Waals surface area contributed by atoms with Crippen LogP contribution in [0, 0.1) is 0 Å². The number of hydrogen-bond acceptors (Lipinski definition) is 2. The van der Waals surface area contributed by atoms with Crippen LogP contribution in [0.25, 0.3) is 0 Å². The highest BCUT2D eigenvalue weighted by molar-refractivity contribution is 9.11. The SMILES string of the molecule is CCCc1cc(NC(=O)c2cc(Br)cc(Br)c2)n[nH]1. The Kier molecular flexibility index (Phi) is 4.76. The first-order valence-corrected chi connectivity index (χ1v) is 7.49.